The van der Waals surface area contributed by atoms with Crippen LogP contribution in [0.1, 0.15) is 29.8 Å². The summed E-state index contributed by atoms with van der Waals surface area (Å²) in [6.45, 7) is 6.22. The molecule has 110 valence electrons. The summed E-state index contributed by atoms with van der Waals surface area (Å²) >= 11 is 0. The lowest BCUT2D eigenvalue weighted by molar-refractivity contribution is 0.220. The predicted molar refractivity (Wildman–Crippen MR) is 88.3 cm³/mol. The van der Waals surface area contributed by atoms with Crippen LogP contribution in [0.5, 0.6) is 5.88 Å². The van der Waals surface area contributed by atoms with Crippen LogP contribution in [0.25, 0.3) is 10.9 Å². The average Bonchev–Trinajstić information content (AvgIpc) is 2.77. The van der Waals surface area contributed by atoms with E-state index in [2.05, 4.69) is 35.9 Å². The first-order valence-corrected chi connectivity index (χ1v) is 6.82. The zero-order valence-electron chi connectivity index (χ0n) is 12.4. The first-order chi connectivity index (χ1) is 9.66. The molecule has 1 atom stereocenters. The van der Waals surface area contributed by atoms with Crippen molar-refractivity contribution in [2.24, 2.45) is 0 Å². The third-order valence-electron chi connectivity index (χ3n) is 3.75. The van der Waals surface area contributed by atoms with E-state index in [4.69, 9.17) is 4.74 Å². The van der Waals surface area contributed by atoms with E-state index in [0.29, 0.717) is 5.88 Å². The molecule has 2 heterocycles. The second-order valence-corrected chi connectivity index (χ2v) is 5.08. The van der Waals surface area contributed by atoms with Crippen molar-refractivity contribution in [1.82, 2.24) is 9.97 Å². The van der Waals surface area contributed by atoms with Gasteiger partial charge < -0.3 is 9.72 Å². The third kappa shape index (κ3) is 2.88. The fraction of sp³-hybridized carbons (Fsp3) is 0.235. The number of pyridine rings is 1. The number of hydrogen-bond donors (Lipinski definition) is 1. The Morgan fingerprint density at radius 3 is 2.52 bits per heavy atom. The zero-order valence-corrected chi connectivity index (χ0v) is 13.2. The number of aromatic amines is 1. The SMILES string of the molecule is Cc1[nH]c2c(OC(C)c3ccccc3)nccc2c1C.Cl. The van der Waals surface area contributed by atoms with Crippen LogP contribution in [0.3, 0.4) is 0 Å². The number of nitrogens with zero attached hydrogens (tertiary/aromatic N) is 1. The molecule has 3 aromatic rings. The highest BCUT2D eigenvalue weighted by atomic mass is 35.5. The number of nitrogens with one attached hydrogen (secondary N) is 1. The Morgan fingerprint density at radius 1 is 1.10 bits per heavy atom. The highest BCUT2D eigenvalue weighted by Crippen LogP contribution is 2.29. The van der Waals surface area contributed by atoms with E-state index in [1.165, 1.54) is 10.9 Å². The molecule has 3 nitrogen and oxygen atoms in total. The fourth-order valence-corrected chi connectivity index (χ4v) is 2.41. The van der Waals surface area contributed by atoms with E-state index in [-0.39, 0.29) is 18.5 Å². The van der Waals surface area contributed by atoms with Crippen LogP contribution in [-0.4, -0.2) is 9.97 Å². The molecule has 0 aliphatic heterocycles. The fourth-order valence-electron chi connectivity index (χ4n) is 2.41. The van der Waals surface area contributed by atoms with E-state index >= 15 is 0 Å². The topological polar surface area (TPSA) is 37.9 Å². The number of ether oxygens (including phenoxy) is 1. The van der Waals surface area contributed by atoms with E-state index < -0.39 is 0 Å². The monoisotopic (exact) mass is 302 g/mol. The Bertz CT molecular complexity index is 737. The first-order valence-electron chi connectivity index (χ1n) is 6.82. The molecule has 0 aliphatic carbocycles. The summed E-state index contributed by atoms with van der Waals surface area (Å²) in [6, 6.07) is 12.2. The molecule has 0 spiro atoms. The number of rotatable bonds is 3. The molecule has 21 heavy (non-hydrogen) atoms. The summed E-state index contributed by atoms with van der Waals surface area (Å²) in [5, 5.41) is 1.17. The van der Waals surface area contributed by atoms with Gasteiger partial charge in [0, 0.05) is 17.3 Å². The van der Waals surface area contributed by atoms with E-state index in [1.807, 2.05) is 31.2 Å². The lowest BCUT2D eigenvalue weighted by Gasteiger charge is -2.14. The second kappa shape index (κ2) is 6.19. The summed E-state index contributed by atoms with van der Waals surface area (Å²) in [6.07, 6.45) is 1.77. The lowest BCUT2D eigenvalue weighted by atomic mass is 10.1. The van der Waals surface area contributed by atoms with Crippen molar-refractivity contribution in [1.29, 1.82) is 0 Å². The highest BCUT2D eigenvalue weighted by molar-refractivity contribution is 5.87. The van der Waals surface area contributed by atoms with Crippen LogP contribution in [0, 0.1) is 13.8 Å². The maximum atomic E-state index is 6.04. The number of H-pyrrole nitrogens is 1. The molecule has 0 radical (unpaired) electrons. The Labute approximate surface area is 130 Å². The van der Waals surface area contributed by atoms with Gasteiger partial charge in [0.25, 0.3) is 0 Å². The molecule has 0 amide bonds. The molecular formula is C17H19ClN2O. The predicted octanol–water partition coefficient (Wildman–Crippen LogP) is 4.74. The maximum absolute atomic E-state index is 6.04. The van der Waals surface area contributed by atoms with Gasteiger partial charge in [-0.3, -0.25) is 0 Å². The number of aromatic nitrogens is 2. The molecule has 0 bridgehead atoms. The Balaban J connectivity index is 0.00000161. The quantitative estimate of drug-likeness (QED) is 0.758. The standard InChI is InChI=1S/C17H18N2O.ClH/c1-11-12(2)19-16-15(11)9-10-18-17(16)20-13(3)14-7-5-4-6-8-14;/h4-10,13,19H,1-3H3;1H. The van der Waals surface area contributed by atoms with Crippen molar-refractivity contribution in [2.45, 2.75) is 26.9 Å². The van der Waals surface area contributed by atoms with Crippen molar-refractivity contribution in [2.75, 3.05) is 0 Å². The van der Waals surface area contributed by atoms with Gasteiger partial charge in [0.2, 0.25) is 5.88 Å². The Hall–Kier alpha value is -2.00. The summed E-state index contributed by atoms with van der Waals surface area (Å²) < 4.78 is 6.04. The van der Waals surface area contributed by atoms with Gasteiger partial charge in [-0.2, -0.15) is 0 Å². The summed E-state index contributed by atoms with van der Waals surface area (Å²) in [7, 11) is 0. The van der Waals surface area contributed by atoms with Gasteiger partial charge in [-0.15, -0.1) is 12.4 Å². The van der Waals surface area contributed by atoms with Gasteiger partial charge in [-0.1, -0.05) is 30.3 Å². The molecule has 2 aromatic heterocycles. The maximum Gasteiger partial charge on any atom is 0.238 e. The van der Waals surface area contributed by atoms with Gasteiger partial charge >= 0.3 is 0 Å². The molecule has 0 fully saturated rings. The van der Waals surface area contributed by atoms with Crippen LogP contribution in [-0.2, 0) is 0 Å². The van der Waals surface area contributed by atoms with Crippen molar-refractivity contribution >= 4 is 23.3 Å². The largest absolute Gasteiger partial charge is 0.468 e. The van der Waals surface area contributed by atoms with Crippen LogP contribution in [0.4, 0.5) is 0 Å². The number of fused-ring (bicyclic) bond motifs is 1. The highest BCUT2D eigenvalue weighted by Gasteiger charge is 2.13. The summed E-state index contributed by atoms with van der Waals surface area (Å²) in [5.74, 6) is 0.662. The van der Waals surface area contributed by atoms with Crippen molar-refractivity contribution in [3.05, 3.63) is 59.4 Å². The Morgan fingerprint density at radius 2 is 1.81 bits per heavy atom. The normalized spacial score (nSPS) is 12.0. The Kier molecular flexibility index (Phi) is 4.53. The van der Waals surface area contributed by atoms with Gasteiger partial charge in [0.05, 0.1) is 0 Å². The minimum Gasteiger partial charge on any atom is -0.468 e. The van der Waals surface area contributed by atoms with Crippen molar-refractivity contribution in [3.63, 3.8) is 0 Å². The lowest BCUT2D eigenvalue weighted by Crippen LogP contribution is -2.04. The molecule has 0 saturated carbocycles. The number of aryl methyl sites for hydroxylation is 2. The smallest absolute Gasteiger partial charge is 0.238 e. The molecule has 1 aromatic carbocycles. The summed E-state index contributed by atoms with van der Waals surface area (Å²) in [4.78, 5) is 7.74. The van der Waals surface area contributed by atoms with Crippen LogP contribution in [0.15, 0.2) is 42.6 Å². The van der Waals surface area contributed by atoms with E-state index in [9.17, 15) is 0 Å². The molecule has 3 rings (SSSR count). The van der Waals surface area contributed by atoms with Crippen LogP contribution < -0.4 is 4.74 Å². The zero-order chi connectivity index (χ0) is 14.1. The van der Waals surface area contributed by atoms with Gasteiger partial charge in [0.15, 0.2) is 0 Å². The number of benzene rings is 1. The third-order valence-corrected chi connectivity index (χ3v) is 3.75. The van der Waals surface area contributed by atoms with Crippen LogP contribution >= 0.6 is 12.4 Å². The average molecular weight is 303 g/mol. The molecule has 1 unspecified atom stereocenters. The second-order valence-electron chi connectivity index (χ2n) is 5.08. The molecule has 4 heteroatoms. The van der Waals surface area contributed by atoms with Gasteiger partial charge in [-0.25, -0.2) is 4.98 Å². The minimum atomic E-state index is -0.0294. The molecule has 1 N–H and O–H groups in total. The van der Waals surface area contributed by atoms with E-state index in [0.717, 1.165) is 16.8 Å². The first kappa shape index (κ1) is 15.4. The van der Waals surface area contributed by atoms with Crippen molar-refractivity contribution < 1.29 is 4.74 Å². The minimum absolute atomic E-state index is 0. The molecule has 0 aliphatic rings. The van der Waals surface area contributed by atoms with Crippen LogP contribution in [0.2, 0.25) is 0 Å². The van der Waals surface area contributed by atoms with E-state index in [1.54, 1.807) is 6.20 Å². The molecular weight excluding hydrogens is 284 g/mol. The number of hydrogen-bond acceptors (Lipinski definition) is 2. The molecule has 0 saturated heterocycles. The van der Waals surface area contributed by atoms with Gasteiger partial charge in [-0.05, 0) is 38.0 Å². The number of halogens is 1. The summed E-state index contributed by atoms with van der Waals surface area (Å²) in [5.41, 5.74) is 4.53. The van der Waals surface area contributed by atoms with Gasteiger partial charge in [0.1, 0.15) is 11.6 Å². The van der Waals surface area contributed by atoms with Crippen molar-refractivity contribution in [3.8, 4) is 5.88 Å².